The van der Waals surface area contributed by atoms with Crippen molar-refractivity contribution in [2.45, 2.75) is 32.1 Å². The predicted octanol–water partition coefficient (Wildman–Crippen LogP) is 2.20. The number of rotatable bonds is 2. The number of imidazole rings is 1. The fourth-order valence-electron chi connectivity index (χ4n) is 2.90. The Morgan fingerprint density at radius 1 is 1.50 bits per heavy atom. The third kappa shape index (κ3) is 2.29. The van der Waals surface area contributed by atoms with E-state index in [9.17, 15) is 9.90 Å². The quantitative estimate of drug-likeness (QED) is 0.880. The molecule has 0 saturated carbocycles. The van der Waals surface area contributed by atoms with Gasteiger partial charge in [-0.3, -0.25) is 0 Å². The number of carboxylic acids is 1. The van der Waals surface area contributed by atoms with Gasteiger partial charge in [0.2, 0.25) is 0 Å². The van der Waals surface area contributed by atoms with Crippen LogP contribution in [0.25, 0.3) is 5.52 Å². The third-order valence-corrected chi connectivity index (χ3v) is 3.94. The maximum atomic E-state index is 11.4. The van der Waals surface area contributed by atoms with E-state index < -0.39 is 5.97 Å². The minimum atomic E-state index is -0.957. The highest BCUT2D eigenvalue weighted by Gasteiger charge is 2.23. The molecule has 5 nitrogen and oxygen atoms in total. The molecule has 1 saturated heterocycles. The highest BCUT2D eigenvalue weighted by molar-refractivity contribution is 5.93. The normalized spacial score (nSPS) is 19.9. The fraction of sp³-hybridized carbons (Fsp3) is 0.467. The Kier molecular flexibility index (Phi) is 3.44. The zero-order valence-electron chi connectivity index (χ0n) is 11.6. The summed E-state index contributed by atoms with van der Waals surface area (Å²) in [4.78, 5) is 15.8. The van der Waals surface area contributed by atoms with E-state index in [4.69, 9.17) is 0 Å². The van der Waals surface area contributed by atoms with Crippen LogP contribution in [-0.2, 0) is 0 Å². The van der Waals surface area contributed by atoms with Gasteiger partial charge >= 0.3 is 5.97 Å². The van der Waals surface area contributed by atoms with Gasteiger partial charge in [-0.15, -0.1) is 0 Å². The molecule has 0 aliphatic carbocycles. The number of carboxylic acid groups (broad SMARTS) is 1. The summed E-state index contributed by atoms with van der Waals surface area (Å²) in [5.41, 5.74) is 1.90. The number of aryl methyl sites for hydroxylation is 1. The first-order valence-electron chi connectivity index (χ1n) is 7.09. The van der Waals surface area contributed by atoms with Gasteiger partial charge in [0.1, 0.15) is 5.82 Å². The van der Waals surface area contributed by atoms with Crippen LogP contribution in [0.3, 0.4) is 0 Å². The Morgan fingerprint density at radius 3 is 3.15 bits per heavy atom. The summed E-state index contributed by atoms with van der Waals surface area (Å²) in [7, 11) is 0. The molecule has 1 aliphatic rings. The largest absolute Gasteiger partial charge is 0.476 e. The van der Waals surface area contributed by atoms with Crippen molar-refractivity contribution in [1.29, 1.82) is 0 Å². The molecule has 0 radical (unpaired) electrons. The van der Waals surface area contributed by atoms with Crippen LogP contribution in [0.1, 0.15) is 47.1 Å². The van der Waals surface area contributed by atoms with Crippen LogP contribution in [0, 0.1) is 6.92 Å². The molecule has 2 aromatic heterocycles. The monoisotopic (exact) mass is 273 g/mol. The second kappa shape index (κ2) is 5.25. The highest BCUT2D eigenvalue weighted by atomic mass is 16.4. The molecule has 3 heterocycles. The number of nitrogens with one attached hydrogen (secondary N) is 1. The minimum Gasteiger partial charge on any atom is -0.476 e. The van der Waals surface area contributed by atoms with Gasteiger partial charge in [-0.25, -0.2) is 9.78 Å². The van der Waals surface area contributed by atoms with Gasteiger partial charge in [-0.1, -0.05) is 6.42 Å². The average molecular weight is 273 g/mol. The van der Waals surface area contributed by atoms with Gasteiger partial charge in [-0.2, -0.15) is 0 Å². The summed E-state index contributed by atoms with van der Waals surface area (Å²) < 4.78 is 1.94. The Bertz CT molecular complexity index is 640. The van der Waals surface area contributed by atoms with Crippen LogP contribution >= 0.6 is 0 Å². The number of aromatic nitrogens is 2. The van der Waals surface area contributed by atoms with Crippen LogP contribution in [0.5, 0.6) is 0 Å². The lowest BCUT2D eigenvalue weighted by Gasteiger charge is -2.13. The molecular formula is C15H19N3O2. The molecule has 5 heteroatoms. The van der Waals surface area contributed by atoms with Gasteiger partial charge in [0.15, 0.2) is 5.69 Å². The van der Waals surface area contributed by atoms with Crippen LogP contribution in [-0.4, -0.2) is 33.6 Å². The van der Waals surface area contributed by atoms with Crippen molar-refractivity contribution in [2.24, 2.45) is 0 Å². The predicted molar refractivity (Wildman–Crippen MR) is 76.4 cm³/mol. The van der Waals surface area contributed by atoms with E-state index in [-0.39, 0.29) is 11.6 Å². The molecule has 0 amide bonds. The van der Waals surface area contributed by atoms with E-state index in [2.05, 4.69) is 10.3 Å². The van der Waals surface area contributed by atoms with Gasteiger partial charge in [-0.05, 0) is 44.0 Å². The van der Waals surface area contributed by atoms with E-state index in [1.807, 2.05) is 29.7 Å². The van der Waals surface area contributed by atoms with Crippen LogP contribution < -0.4 is 5.32 Å². The van der Waals surface area contributed by atoms with E-state index in [1.54, 1.807) is 0 Å². The molecule has 3 rings (SSSR count). The molecule has 2 aromatic rings. The minimum absolute atomic E-state index is 0.160. The van der Waals surface area contributed by atoms with Gasteiger partial charge in [0, 0.05) is 18.7 Å². The summed E-state index contributed by atoms with van der Waals surface area (Å²) in [5, 5.41) is 12.8. The molecule has 0 bridgehead atoms. The first-order chi connectivity index (χ1) is 9.66. The number of hydrogen-bond acceptors (Lipinski definition) is 3. The number of pyridine rings is 1. The summed E-state index contributed by atoms with van der Waals surface area (Å²) in [5.74, 6) is 0.188. The molecule has 0 aromatic carbocycles. The molecule has 2 N–H and O–H groups in total. The SMILES string of the molecule is Cc1ccn2c(C3CCCCNC3)nc(C(=O)O)c2c1. The number of aromatic carboxylic acids is 1. The Morgan fingerprint density at radius 2 is 2.35 bits per heavy atom. The van der Waals surface area contributed by atoms with E-state index in [1.165, 1.54) is 6.42 Å². The lowest BCUT2D eigenvalue weighted by molar-refractivity contribution is 0.0693. The lowest BCUT2D eigenvalue weighted by atomic mass is 10.0. The Balaban J connectivity index is 2.12. The van der Waals surface area contributed by atoms with Crippen molar-refractivity contribution in [3.63, 3.8) is 0 Å². The molecule has 1 fully saturated rings. The van der Waals surface area contributed by atoms with Crippen molar-refractivity contribution in [2.75, 3.05) is 13.1 Å². The zero-order chi connectivity index (χ0) is 14.1. The zero-order valence-corrected chi connectivity index (χ0v) is 11.6. The Labute approximate surface area is 117 Å². The second-order valence-corrected chi connectivity index (χ2v) is 5.48. The van der Waals surface area contributed by atoms with Crippen molar-refractivity contribution >= 4 is 11.5 Å². The van der Waals surface area contributed by atoms with E-state index in [0.717, 1.165) is 37.3 Å². The molecule has 20 heavy (non-hydrogen) atoms. The third-order valence-electron chi connectivity index (χ3n) is 3.94. The number of fused-ring (bicyclic) bond motifs is 1. The summed E-state index contributed by atoms with van der Waals surface area (Å²) >= 11 is 0. The number of nitrogens with zero attached hydrogens (tertiary/aromatic N) is 2. The molecule has 106 valence electrons. The standard InChI is InChI=1S/C15H19N3O2/c1-10-5-7-18-12(8-10)13(15(19)20)17-14(18)11-4-2-3-6-16-9-11/h5,7-8,11,16H,2-4,6,9H2,1H3,(H,19,20). The number of hydrogen-bond donors (Lipinski definition) is 2. The molecule has 0 spiro atoms. The Hall–Kier alpha value is -1.88. The molecule has 1 unspecified atom stereocenters. The van der Waals surface area contributed by atoms with E-state index >= 15 is 0 Å². The van der Waals surface area contributed by atoms with Gasteiger partial charge in [0.25, 0.3) is 0 Å². The maximum absolute atomic E-state index is 11.4. The average Bonchev–Trinajstić information content (AvgIpc) is 2.60. The smallest absolute Gasteiger partial charge is 0.356 e. The molecule has 1 atom stereocenters. The first-order valence-corrected chi connectivity index (χ1v) is 7.09. The molecule has 1 aliphatic heterocycles. The fourth-order valence-corrected chi connectivity index (χ4v) is 2.90. The highest BCUT2D eigenvalue weighted by Crippen LogP contribution is 2.26. The van der Waals surface area contributed by atoms with Crippen molar-refractivity contribution in [3.05, 3.63) is 35.4 Å². The van der Waals surface area contributed by atoms with Gasteiger partial charge in [0.05, 0.1) is 5.52 Å². The summed E-state index contributed by atoms with van der Waals surface area (Å²) in [6.07, 6.45) is 5.31. The first kappa shape index (κ1) is 13.1. The van der Waals surface area contributed by atoms with Crippen LogP contribution in [0.2, 0.25) is 0 Å². The topological polar surface area (TPSA) is 66.6 Å². The number of carbonyl (C=O) groups is 1. The van der Waals surface area contributed by atoms with Crippen LogP contribution in [0.4, 0.5) is 0 Å². The van der Waals surface area contributed by atoms with Crippen molar-refractivity contribution in [3.8, 4) is 0 Å². The van der Waals surface area contributed by atoms with Crippen LogP contribution in [0.15, 0.2) is 18.3 Å². The summed E-state index contributed by atoms with van der Waals surface area (Å²) in [6.45, 7) is 3.86. The lowest BCUT2D eigenvalue weighted by Crippen LogP contribution is -2.20. The van der Waals surface area contributed by atoms with E-state index in [0.29, 0.717) is 5.52 Å². The van der Waals surface area contributed by atoms with Crippen molar-refractivity contribution < 1.29 is 9.90 Å². The maximum Gasteiger partial charge on any atom is 0.356 e. The summed E-state index contributed by atoms with van der Waals surface area (Å²) in [6, 6.07) is 3.89. The van der Waals surface area contributed by atoms with Crippen molar-refractivity contribution in [1.82, 2.24) is 14.7 Å². The van der Waals surface area contributed by atoms with Gasteiger partial charge < -0.3 is 14.8 Å². The molecular weight excluding hydrogens is 254 g/mol. The second-order valence-electron chi connectivity index (χ2n) is 5.48.